The lowest BCUT2D eigenvalue weighted by atomic mass is 10.1. The fourth-order valence-electron chi connectivity index (χ4n) is 4.38. The van der Waals surface area contributed by atoms with Gasteiger partial charge < -0.3 is 20.3 Å². The molecule has 1 aliphatic heterocycles. The summed E-state index contributed by atoms with van der Waals surface area (Å²) in [6.07, 6.45) is -4.07. The van der Waals surface area contributed by atoms with Crippen LogP contribution >= 0.6 is 0 Å². The summed E-state index contributed by atoms with van der Waals surface area (Å²) in [7, 11) is 0. The number of amides is 2. The maximum atomic E-state index is 13.3. The Morgan fingerprint density at radius 3 is 2.50 bits per heavy atom. The molecule has 0 spiro atoms. The van der Waals surface area contributed by atoms with E-state index in [0.29, 0.717) is 23.5 Å². The lowest BCUT2D eigenvalue weighted by molar-refractivity contribution is -0.170. The van der Waals surface area contributed by atoms with Gasteiger partial charge in [-0.1, -0.05) is 48.5 Å². The highest BCUT2D eigenvalue weighted by atomic mass is 19.4. The van der Waals surface area contributed by atoms with Crippen LogP contribution in [0.3, 0.4) is 0 Å². The molecule has 186 valence electrons. The van der Waals surface area contributed by atoms with Crippen molar-refractivity contribution in [3.05, 3.63) is 89.5 Å². The third kappa shape index (κ3) is 5.36. The Morgan fingerprint density at radius 2 is 1.78 bits per heavy atom. The molecule has 5 rings (SSSR count). The molecule has 3 aromatic carbocycles. The molecular weight excluding hydrogens is 471 g/mol. The summed E-state index contributed by atoms with van der Waals surface area (Å²) in [5.41, 5.74) is 3.47. The van der Waals surface area contributed by atoms with Gasteiger partial charge in [-0.3, -0.25) is 9.59 Å². The first-order valence-corrected chi connectivity index (χ1v) is 11.6. The van der Waals surface area contributed by atoms with E-state index in [1.807, 2.05) is 18.2 Å². The van der Waals surface area contributed by atoms with Gasteiger partial charge in [0.25, 0.3) is 5.91 Å². The van der Waals surface area contributed by atoms with E-state index in [0.717, 1.165) is 22.4 Å². The van der Waals surface area contributed by atoms with E-state index in [1.54, 1.807) is 54.6 Å². The van der Waals surface area contributed by atoms with Crippen LogP contribution in [-0.2, 0) is 22.7 Å². The van der Waals surface area contributed by atoms with Crippen molar-refractivity contribution < 1.29 is 27.5 Å². The second kappa shape index (κ2) is 9.66. The molecule has 3 aromatic rings. The van der Waals surface area contributed by atoms with Crippen LogP contribution in [0.1, 0.15) is 29.0 Å². The minimum atomic E-state index is -4.97. The van der Waals surface area contributed by atoms with Crippen molar-refractivity contribution in [2.45, 2.75) is 37.6 Å². The van der Waals surface area contributed by atoms with Crippen molar-refractivity contribution in [2.75, 3.05) is 16.8 Å². The summed E-state index contributed by atoms with van der Waals surface area (Å²) in [4.78, 5) is 24.4. The molecule has 0 aromatic heterocycles. The van der Waals surface area contributed by atoms with E-state index < -0.39 is 12.1 Å². The number of fused-ring (bicyclic) bond motifs is 1. The fraction of sp³-hybridized carbons (Fsp3) is 0.259. The highest BCUT2D eigenvalue weighted by molar-refractivity contribution is 5.97. The van der Waals surface area contributed by atoms with E-state index in [2.05, 4.69) is 10.6 Å². The van der Waals surface area contributed by atoms with Gasteiger partial charge in [0.05, 0.1) is 12.2 Å². The first-order valence-electron chi connectivity index (χ1n) is 11.6. The van der Waals surface area contributed by atoms with Gasteiger partial charge in [0.1, 0.15) is 5.75 Å². The average molecular weight is 496 g/mol. The monoisotopic (exact) mass is 495 g/mol. The topological polar surface area (TPSA) is 70.7 Å². The molecule has 6 nitrogen and oxygen atoms in total. The van der Waals surface area contributed by atoms with E-state index in [9.17, 15) is 22.8 Å². The minimum absolute atomic E-state index is 0.0154. The number of hydrogen-bond donors (Lipinski definition) is 2. The molecule has 2 amide bonds. The van der Waals surface area contributed by atoms with Crippen molar-refractivity contribution >= 4 is 23.2 Å². The van der Waals surface area contributed by atoms with Crippen LogP contribution in [0.15, 0.2) is 72.8 Å². The summed E-state index contributed by atoms with van der Waals surface area (Å²) in [5, 5.41) is 6.28. The summed E-state index contributed by atoms with van der Waals surface area (Å²) < 4.78 is 45.2. The van der Waals surface area contributed by atoms with Crippen molar-refractivity contribution in [1.82, 2.24) is 5.32 Å². The van der Waals surface area contributed by atoms with Crippen LogP contribution in [0.25, 0.3) is 0 Å². The molecular formula is C27H24F3N3O3. The second-order valence-corrected chi connectivity index (χ2v) is 8.96. The summed E-state index contributed by atoms with van der Waals surface area (Å²) >= 11 is 0. The molecule has 0 saturated heterocycles. The Morgan fingerprint density at radius 1 is 1.03 bits per heavy atom. The molecule has 2 unspecified atom stereocenters. The second-order valence-electron chi connectivity index (χ2n) is 8.96. The SMILES string of the molecule is O=C1COc2ccc(CNC3CC3c3ccc(N(Cc4ccccc4)C(=O)C(F)(F)F)cc3)cc2N1. The smallest absolute Gasteiger partial charge is 0.471 e. The summed E-state index contributed by atoms with van der Waals surface area (Å²) in [6.45, 7) is 0.452. The molecule has 9 heteroatoms. The van der Waals surface area contributed by atoms with Gasteiger partial charge in [-0.2, -0.15) is 13.2 Å². The quantitative estimate of drug-likeness (QED) is 0.496. The zero-order valence-electron chi connectivity index (χ0n) is 19.2. The van der Waals surface area contributed by atoms with Crippen LogP contribution in [0, 0.1) is 0 Å². The van der Waals surface area contributed by atoms with Crippen LogP contribution in [0.4, 0.5) is 24.5 Å². The average Bonchev–Trinajstić information content (AvgIpc) is 3.65. The molecule has 1 heterocycles. The van der Waals surface area contributed by atoms with E-state index in [4.69, 9.17) is 4.74 Å². The number of rotatable bonds is 7. The summed E-state index contributed by atoms with van der Waals surface area (Å²) in [6, 6.07) is 21.2. The third-order valence-electron chi connectivity index (χ3n) is 6.34. The molecule has 2 atom stereocenters. The molecule has 36 heavy (non-hydrogen) atoms. The maximum Gasteiger partial charge on any atom is 0.471 e. The number of hydrogen-bond acceptors (Lipinski definition) is 4. The van der Waals surface area contributed by atoms with Crippen LogP contribution in [0.2, 0.25) is 0 Å². The number of benzene rings is 3. The van der Waals surface area contributed by atoms with Crippen LogP contribution in [0.5, 0.6) is 5.75 Å². The van der Waals surface area contributed by atoms with E-state index >= 15 is 0 Å². The van der Waals surface area contributed by atoms with Crippen molar-refractivity contribution in [1.29, 1.82) is 0 Å². The van der Waals surface area contributed by atoms with Gasteiger partial charge in [0.15, 0.2) is 6.61 Å². The van der Waals surface area contributed by atoms with Gasteiger partial charge in [-0.15, -0.1) is 0 Å². The number of anilines is 2. The highest BCUT2D eigenvalue weighted by Crippen LogP contribution is 2.42. The zero-order valence-corrected chi connectivity index (χ0v) is 19.2. The Bertz CT molecular complexity index is 1260. The van der Waals surface area contributed by atoms with Gasteiger partial charge >= 0.3 is 12.1 Å². The number of alkyl halides is 3. The molecule has 1 saturated carbocycles. The molecule has 2 aliphatic rings. The van der Waals surface area contributed by atoms with E-state index in [1.165, 1.54) is 0 Å². The number of carbonyl (C=O) groups is 2. The molecule has 0 bridgehead atoms. The Hall–Kier alpha value is -3.85. The van der Waals surface area contributed by atoms with Crippen LogP contribution in [-0.4, -0.2) is 30.6 Å². The number of carbonyl (C=O) groups excluding carboxylic acids is 2. The van der Waals surface area contributed by atoms with Gasteiger partial charge in [0, 0.05) is 24.2 Å². The largest absolute Gasteiger partial charge is 0.482 e. The number of ether oxygens (including phenoxy) is 1. The first kappa shape index (κ1) is 23.9. The van der Waals surface area contributed by atoms with Gasteiger partial charge in [-0.05, 0) is 47.4 Å². The van der Waals surface area contributed by atoms with E-state index in [-0.39, 0.29) is 36.7 Å². The maximum absolute atomic E-state index is 13.3. The number of halogens is 3. The predicted octanol–water partition coefficient (Wildman–Crippen LogP) is 4.76. The molecule has 2 N–H and O–H groups in total. The number of nitrogens with one attached hydrogen (secondary N) is 2. The van der Waals surface area contributed by atoms with Gasteiger partial charge in [-0.25, -0.2) is 0 Å². The Kier molecular flexibility index (Phi) is 6.40. The van der Waals surface area contributed by atoms with Crippen molar-refractivity contribution in [3.8, 4) is 5.75 Å². The Balaban J connectivity index is 1.22. The normalized spacial score (nSPS) is 18.6. The standard InChI is InChI=1S/C27H24F3N3O3/c28-27(29,30)26(35)33(15-17-4-2-1-3-5-17)20-9-7-19(8-10-20)21-13-22(21)31-14-18-6-11-24-23(12-18)32-25(34)16-36-24/h1-12,21-22,31H,13-16H2,(H,32,34). The lowest BCUT2D eigenvalue weighted by Gasteiger charge is -2.24. The minimum Gasteiger partial charge on any atom is -0.482 e. The first-order chi connectivity index (χ1) is 17.3. The number of nitrogens with zero attached hydrogens (tertiary/aromatic N) is 1. The van der Waals surface area contributed by atoms with Gasteiger partial charge in [0.2, 0.25) is 0 Å². The Labute approximate surface area is 206 Å². The predicted molar refractivity (Wildman–Crippen MR) is 129 cm³/mol. The van der Waals surface area contributed by atoms with Crippen molar-refractivity contribution in [2.24, 2.45) is 0 Å². The molecule has 1 aliphatic carbocycles. The lowest BCUT2D eigenvalue weighted by Crippen LogP contribution is -2.40. The fourth-order valence-corrected chi connectivity index (χ4v) is 4.38. The zero-order chi connectivity index (χ0) is 25.3. The molecule has 1 fully saturated rings. The molecule has 0 radical (unpaired) electrons. The third-order valence-corrected chi connectivity index (χ3v) is 6.34. The highest BCUT2D eigenvalue weighted by Gasteiger charge is 2.43. The van der Waals surface area contributed by atoms with Crippen molar-refractivity contribution in [3.63, 3.8) is 0 Å². The van der Waals surface area contributed by atoms with Crippen LogP contribution < -0.4 is 20.3 Å². The summed E-state index contributed by atoms with van der Waals surface area (Å²) in [5.74, 6) is -1.19.